The first-order valence-corrected chi connectivity index (χ1v) is 7.97. The average molecular weight is 341 g/mol. The maximum Gasteiger partial charge on any atom is 0.195 e. The zero-order valence-electron chi connectivity index (χ0n) is 12.1. The molecule has 0 fully saturated rings. The van der Waals surface area contributed by atoms with Crippen LogP contribution in [-0.2, 0) is 6.54 Å². The van der Waals surface area contributed by atoms with Gasteiger partial charge in [0.1, 0.15) is 0 Å². The number of hydrogen-bond donors (Lipinski definition) is 2. The van der Waals surface area contributed by atoms with E-state index in [1.807, 2.05) is 47.0 Å². The predicted molar refractivity (Wildman–Crippen MR) is 95.3 cm³/mol. The summed E-state index contributed by atoms with van der Waals surface area (Å²) in [6, 6.07) is 18.0. The van der Waals surface area contributed by atoms with Gasteiger partial charge in [-0.2, -0.15) is 5.10 Å². The van der Waals surface area contributed by atoms with E-state index in [0.717, 1.165) is 22.4 Å². The van der Waals surface area contributed by atoms with E-state index in [-0.39, 0.29) is 0 Å². The number of benzene rings is 2. The largest absolute Gasteiger partial charge is 0.352 e. The van der Waals surface area contributed by atoms with Crippen molar-refractivity contribution in [1.82, 2.24) is 19.7 Å². The van der Waals surface area contributed by atoms with Gasteiger partial charge in [0.25, 0.3) is 0 Å². The summed E-state index contributed by atoms with van der Waals surface area (Å²) in [5, 5.41) is 9.03. The van der Waals surface area contributed by atoms with Crippen LogP contribution >= 0.6 is 23.8 Å². The highest BCUT2D eigenvalue weighted by atomic mass is 35.5. The number of nitrogens with zero attached hydrogens (tertiary/aromatic N) is 2. The molecule has 0 atom stereocenters. The lowest BCUT2D eigenvalue weighted by Crippen LogP contribution is -2.02. The molecule has 4 nitrogen and oxygen atoms in total. The Kier molecular flexibility index (Phi) is 3.52. The normalized spacial score (nSPS) is 11.2. The van der Waals surface area contributed by atoms with Gasteiger partial charge >= 0.3 is 0 Å². The van der Waals surface area contributed by atoms with E-state index in [2.05, 4.69) is 27.3 Å². The van der Waals surface area contributed by atoms with Crippen molar-refractivity contribution < 1.29 is 0 Å². The van der Waals surface area contributed by atoms with E-state index in [9.17, 15) is 0 Å². The molecule has 2 aromatic carbocycles. The van der Waals surface area contributed by atoms with Crippen molar-refractivity contribution in [2.24, 2.45) is 0 Å². The van der Waals surface area contributed by atoms with Crippen LogP contribution in [0.2, 0.25) is 5.02 Å². The number of nitrogens with one attached hydrogen (secondary N) is 2. The number of hydrogen-bond acceptors (Lipinski definition) is 2. The van der Waals surface area contributed by atoms with Crippen molar-refractivity contribution in [2.45, 2.75) is 6.54 Å². The molecule has 0 radical (unpaired) electrons. The van der Waals surface area contributed by atoms with Gasteiger partial charge in [0, 0.05) is 15.9 Å². The van der Waals surface area contributed by atoms with Gasteiger partial charge in [0.2, 0.25) is 0 Å². The molecular formula is C17H13ClN4S. The second-order valence-electron chi connectivity index (χ2n) is 5.34. The van der Waals surface area contributed by atoms with Crippen molar-refractivity contribution in [1.29, 1.82) is 0 Å². The number of fused-ring (bicyclic) bond motifs is 1. The Morgan fingerprint density at radius 2 is 1.91 bits per heavy atom. The highest BCUT2D eigenvalue weighted by molar-refractivity contribution is 7.71. The van der Waals surface area contributed by atoms with Crippen LogP contribution in [0.1, 0.15) is 5.56 Å². The first-order valence-electron chi connectivity index (χ1n) is 7.18. The standard InChI is InChI=1S/C17H13ClN4S/c18-13-6-7-14-12(8-13)9-15(19-14)16-20-21-17(23)22(16)10-11-4-2-1-3-5-11/h1-9,19H,10H2,(H,21,23). The summed E-state index contributed by atoms with van der Waals surface area (Å²) in [6.07, 6.45) is 0. The minimum absolute atomic E-state index is 0.598. The minimum atomic E-state index is 0.598. The summed E-state index contributed by atoms with van der Waals surface area (Å²) in [4.78, 5) is 3.37. The lowest BCUT2D eigenvalue weighted by molar-refractivity contribution is 0.789. The monoisotopic (exact) mass is 340 g/mol. The molecule has 4 rings (SSSR count). The number of halogens is 1. The Hall–Kier alpha value is -2.37. The van der Waals surface area contributed by atoms with Crippen molar-refractivity contribution in [2.75, 3.05) is 0 Å². The van der Waals surface area contributed by atoms with Crippen LogP contribution in [0.5, 0.6) is 0 Å². The van der Waals surface area contributed by atoms with Crippen molar-refractivity contribution in [3.63, 3.8) is 0 Å². The molecule has 0 amide bonds. The fourth-order valence-corrected chi connectivity index (χ4v) is 3.04. The van der Waals surface area contributed by atoms with E-state index >= 15 is 0 Å². The quantitative estimate of drug-likeness (QED) is 0.527. The molecule has 0 unspecified atom stereocenters. The van der Waals surface area contributed by atoms with E-state index in [1.165, 1.54) is 5.56 Å². The van der Waals surface area contributed by atoms with Gasteiger partial charge in [-0.25, -0.2) is 0 Å². The first kappa shape index (κ1) is 14.2. The lowest BCUT2D eigenvalue weighted by Gasteiger charge is -2.05. The highest BCUT2D eigenvalue weighted by Crippen LogP contribution is 2.25. The molecular weight excluding hydrogens is 328 g/mol. The fourth-order valence-electron chi connectivity index (χ4n) is 2.66. The fraction of sp³-hybridized carbons (Fsp3) is 0.0588. The maximum atomic E-state index is 6.06. The Balaban J connectivity index is 1.80. The smallest absolute Gasteiger partial charge is 0.195 e. The molecule has 114 valence electrons. The van der Waals surface area contributed by atoms with Crippen LogP contribution in [0.3, 0.4) is 0 Å². The lowest BCUT2D eigenvalue weighted by atomic mass is 10.2. The second kappa shape index (κ2) is 5.68. The minimum Gasteiger partial charge on any atom is -0.352 e. The summed E-state index contributed by atoms with van der Waals surface area (Å²) in [5.74, 6) is 0.783. The van der Waals surface area contributed by atoms with Crippen LogP contribution in [0, 0.1) is 4.77 Å². The number of H-pyrrole nitrogens is 2. The summed E-state index contributed by atoms with van der Waals surface area (Å²) in [6.45, 7) is 0.668. The number of aromatic nitrogens is 4. The Morgan fingerprint density at radius 3 is 2.74 bits per heavy atom. The average Bonchev–Trinajstić information content (AvgIpc) is 3.12. The van der Waals surface area contributed by atoms with Crippen LogP contribution in [0.4, 0.5) is 0 Å². The Bertz CT molecular complexity index is 1030. The summed E-state index contributed by atoms with van der Waals surface area (Å²) in [5.41, 5.74) is 3.10. The third-order valence-electron chi connectivity index (χ3n) is 3.77. The second-order valence-corrected chi connectivity index (χ2v) is 6.16. The van der Waals surface area contributed by atoms with E-state index < -0.39 is 0 Å². The molecule has 0 saturated heterocycles. The third kappa shape index (κ3) is 2.69. The van der Waals surface area contributed by atoms with Gasteiger partial charge in [-0.1, -0.05) is 41.9 Å². The Labute approximate surface area is 142 Å². The van der Waals surface area contributed by atoms with Gasteiger partial charge in [-0.05, 0) is 42.0 Å². The third-order valence-corrected chi connectivity index (χ3v) is 4.31. The summed E-state index contributed by atoms with van der Waals surface area (Å²) < 4.78 is 2.58. The Morgan fingerprint density at radius 1 is 1.09 bits per heavy atom. The van der Waals surface area contributed by atoms with Crippen LogP contribution in [-0.4, -0.2) is 19.7 Å². The van der Waals surface area contributed by atoms with Gasteiger partial charge in [0.05, 0.1) is 12.2 Å². The van der Waals surface area contributed by atoms with Crippen LogP contribution < -0.4 is 0 Å². The van der Waals surface area contributed by atoms with E-state index in [4.69, 9.17) is 23.8 Å². The number of aromatic amines is 2. The predicted octanol–water partition coefficient (Wildman–Crippen LogP) is 4.79. The van der Waals surface area contributed by atoms with Gasteiger partial charge in [-0.15, -0.1) is 0 Å². The molecule has 0 saturated carbocycles. The molecule has 0 aliphatic heterocycles. The van der Waals surface area contributed by atoms with E-state index in [1.54, 1.807) is 0 Å². The molecule has 2 N–H and O–H groups in total. The summed E-state index contributed by atoms with van der Waals surface area (Å²) in [7, 11) is 0. The van der Waals surface area contributed by atoms with Gasteiger partial charge in [0.15, 0.2) is 10.6 Å². The van der Waals surface area contributed by atoms with Gasteiger partial charge in [-0.3, -0.25) is 9.67 Å². The SMILES string of the molecule is S=c1[nH]nc(-c2cc3cc(Cl)ccc3[nH]2)n1Cc1ccccc1. The zero-order chi connectivity index (χ0) is 15.8. The van der Waals surface area contributed by atoms with Crippen molar-refractivity contribution >= 4 is 34.7 Å². The molecule has 2 aromatic heterocycles. The molecule has 0 bridgehead atoms. The molecule has 2 heterocycles. The zero-order valence-corrected chi connectivity index (χ0v) is 13.7. The summed E-state index contributed by atoms with van der Waals surface area (Å²) >= 11 is 11.4. The highest BCUT2D eigenvalue weighted by Gasteiger charge is 2.12. The first-order chi connectivity index (χ1) is 11.2. The van der Waals surface area contributed by atoms with Crippen LogP contribution in [0.15, 0.2) is 54.6 Å². The van der Waals surface area contributed by atoms with E-state index in [0.29, 0.717) is 16.3 Å². The van der Waals surface area contributed by atoms with Crippen LogP contribution in [0.25, 0.3) is 22.4 Å². The maximum absolute atomic E-state index is 6.06. The van der Waals surface area contributed by atoms with Crippen molar-refractivity contribution in [3.8, 4) is 11.5 Å². The molecule has 23 heavy (non-hydrogen) atoms. The van der Waals surface area contributed by atoms with Gasteiger partial charge < -0.3 is 4.98 Å². The molecule has 6 heteroatoms. The molecule has 4 aromatic rings. The molecule has 0 spiro atoms. The molecule has 0 aliphatic carbocycles. The van der Waals surface area contributed by atoms with Crippen molar-refractivity contribution in [3.05, 3.63) is 70.0 Å². The number of rotatable bonds is 3. The molecule has 0 aliphatic rings. The topological polar surface area (TPSA) is 49.4 Å².